The van der Waals surface area contributed by atoms with Crippen molar-refractivity contribution in [3.8, 4) is 0 Å². The Morgan fingerprint density at radius 3 is 2.00 bits per heavy atom. The fourth-order valence-electron chi connectivity index (χ4n) is 1.54. The maximum atomic E-state index is 9.33. The van der Waals surface area contributed by atoms with Gasteiger partial charge in [-0.15, -0.1) is 0 Å². The van der Waals surface area contributed by atoms with E-state index in [1.807, 2.05) is 6.92 Å². The van der Waals surface area contributed by atoms with E-state index in [0.717, 1.165) is 13.0 Å². The van der Waals surface area contributed by atoms with Gasteiger partial charge in [0.25, 0.3) is 0 Å². The van der Waals surface area contributed by atoms with E-state index in [9.17, 15) is 5.11 Å². The molecule has 0 saturated heterocycles. The minimum Gasteiger partial charge on any atom is -0.393 e. The van der Waals surface area contributed by atoms with Crippen molar-refractivity contribution in [2.24, 2.45) is 11.3 Å². The van der Waals surface area contributed by atoms with Crippen LogP contribution in [0.5, 0.6) is 0 Å². The van der Waals surface area contributed by atoms with Crippen molar-refractivity contribution in [3.05, 3.63) is 0 Å². The van der Waals surface area contributed by atoms with Gasteiger partial charge < -0.3 is 10.4 Å². The summed E-state index contributed by atoms with van der Waals surface area (Å²) in [6.07, 6.45) is 0.645. The van der Waals surface area contributed by atoms with Gasteiger partial charge in [-0.05, 0) is 31.6 Å². The average Bonchev–Trinajstić information content (AvgIpc) is 1.97. The van der Waals surface area contributed by atoms with Crippen LogP contribution in [0.1, 0.15) is 48.0 Å². The second-order valence-corrected chi connectivity index (χ2v) is 5.63. The molecule has 2 nitrogen and oxygen atoms in total. The van der Waals surface area contributed by atoms with Crippen LogP contribution in [0.25, 0.3) is 0 Å². The number of rotatable bonds is 6. The molecule has 0 rings (SSSR count). The van der Waals surface area contributed by atoms with Crippen molar-refractivity contribution < 1.29 is 5.11 Å². The van der Waals surface area contributed by atoms with Gasteiger partial charge in [-0.25, -0.2) is 0 Å². The minimum absolute atomic E-state index is 0.178. The van der Waals surface area contributed by atoms with Crippen LogP contribution in [-0.4, -0.2) is 23.8 Å². The van der Waals surface area contributed by atoms with Gasteiger partial charge in [-0.1, -0.05) is 27.7 Å². The summed E-state index contributed by atoms with van der Waals surface area (Å²) in [6, 6.07) is 0.545. The van der Waals surface area contributed by atoms with Crippen molar-refractivity contribution in [2.75, 3.05) is 6.54 Å². The van der Waals surface area contributed by atoms with E-state index >= 15 is 0 Å². The average molecular weight is 201 g/mol. The number of hydrogen-bond acceptors (Lipinski definition) is 2. The van der Waals surface area contributed by atoms with E-state index in [0.29, 0.717) is 12.0 Å². The maximum absolute atomic E-state index is 9.33. The number of hydrogen-bond donors (Lipinski definition) is 2. The molecule has 0 aliphatic carbocycles. The predicted octanol–water partition coefficient (Wildman–Crippen LogP) is 2.42. The van der Waals surface area contributed by atoms with Crippen molar-refractivity contribution in [3.63, 3.8) is 0 Å². The summed E-state index contributed by atoms with van der Waals surface area (Å²) in [7, 11) is 0. The summed E-state index contributed by atoms with van der Waals surface area (Å²) in [5, 5.41) is 12.9. The summed E-state index contributed by atoms with van der Waals surface area (Å²) < 4.78 is 0. The normalized spacial score (nSPS) is 17.1. The maximum Gasteiger partial charge on any atom is 0.0517 e. The largest absolute Gasteiger partial charge is 0.393 e. The van der Waals surface area contributed by atoms with Gasteiger partial charge in [-0.3, -0.25) is 0 Å². The lowest BCUT2D eigenvalue weighted by atomic mass is 9.86. The third-order valence-corrected chi connectivity index (χ3v) is 2.75. The molecule has 0 saturated carbocycles. The molecule has 0 aromatic heterocycles. The van der Waals surface area contributed by atoms with Crippen LogP contribution in [0.3, 0.4) is 0 Å². The van der Waals surface area contributed by atoms with Crippen molar-refractivity contribution in [1.29, 1.82) is 0 Å². The SMILES string of the molecule is CC(O)CC(C)(C)CNC(C)C(C)C. The zero-order valence-electron chi connectivity index (χ0n) is 10.6. The summed E-state index contributed by atoms with van der Waals surface area (Å²) in [4.78, 5) is 0. The molecule has 2 N–H and O–H groups in total. The van der Waals surface area contributed by atoms with Crippen molar-refractivity contribution in [2.45, 2.75) is 60.1 Å². The molecule has 0 heterocycles. The molecule has 2 atom stereocenters. The van der Waals surface area contributed by atoms with Crippen LogP contribution in [0.4, 0.5) is 0 Å². The van der Waals surface area contributed by atoms with Crippen LogP contribution in [0.2, 0.25) is 0 Å². The molecule has 0 aromatic carbocycles. The highest BCUT2D eigenvalue weighted by atomic mass is 16.3. The van der Waals surface area contributed by atoms with Gasteiger partial charge in [0.05, 0.1) is 6.10 Å². The molecule has 0 bridgehead atoms. The Labute approximate surface area is 89.1 Å². The molecule has 2 unspecified atom stereocenters. The summed E-state index contributed by atoms with van der Waals surface area (Å²) in [5.74, 6) is 0.664. The fraction of sp³-hybridized carbons (Fsp3) is 1.00. The molecule has 14 heavy (non-hydrogen) atoms. The van der Waals surface area contributed by atoms with Crippen LogP contribution in [0.15, 0.2) is 0 Å². The molecule has 0 fully saturated rings. The smallest absolute Gasteiger partial charge is 0.0517 e. The topological polar surface area (TPSA) is 32.3 Å². The first kappa shape index (κ1) is 13.9. The zero-order valence-corrected chi connectivity index (χ0v) is 10.6. The van der Waals surface area contributed by atoms with Gasteiger partial charge in [0, 0.05) is 12.6 Å². The van der Waals surface area contributed by atoms with Crippen molar-refractivity contribution >= 4 is 0 Å². The molecule has 0 aliphatic rings. The van der Waals surface area contributed by atoms with Crippen molar-refractivity contribution in [1.82, 2.24) is 5.32 Å². The van der Waals surface area contributed by atoms with Gasteiger partial charge in [0.15, 0.2) is 0 Å². The first-order chi connectivity index (χ1) is 6.24. The minimum atomic E-state index is -0.207. The fourth-order valence-corrected chi connectivity index (χ4v) is 1.54. The first-order valence-corrected chi connectivity index (χ1v) is 5.66. The Balaban J connectivity index is 3.86. The Bertz CT molecular complexity index is 152. The molecule has 0 radical (unpaired) electrons. The van der Waals surface area contributed by atoms with Gasteiger partial charge in [-0.2, -0.15) is 0 Å². The molecule has 0 aliphatic heterocycles. The summed E-state index contributed by atoms with van der Waals surface area (Å²) in [5.41, 5.74) is 0.178. The monoisotopic (exact) mass is 201 g/mol. The van der Waals surface area contributed by atoms with E-state index in [1.54, 1.807) is 0 Å². The quantitative estimate of drug-likeness (QED) is 0.691. The lowest BCUT2D eigenvalue weighted by molar-refractivity contribution is 0.125. The summed E-state index contributed by atoms with van der Waals surface area (Å²) in [6.45, 7) is 13.9. The Morgan fingerprint density at radius 1 is 1.14 bits per heavy atom. The molecule has 0 amide bonds. The van der Waals surface area contributed by atoms with E-state index in [4.69, 9.17) is 0 Å². The Hall–Kier alpha value is -0.0800. The number of aliphatic hydroxyl groups is 1. The van der Waals surface area contributed by atoms with Crippen LogP contribution < -0.4 is 5.32 Å². The second kappa shape index (κ2) is 5.72. The van der Waals surface area contributed by atoms with Gasteiger partial charge >= 0.3 is 0 Å². The summed E-state index contributed by atoms with van der Waals surface area (Å²) >= 11 is 0. The standard InChI is InChI=1S/C12H27NO/c1-9(2)11(4)13-8-12(5,6)7-10(3)14/h9-11,13-14H,7-8H2,1-6H3. The van der Waals surface area contributed by atoms with Gasteiger partial charge in [0.1, 0.15) is 0 Å². The second-order valence-electron chi connectivity index (χ2n) is 5.63. The third-order valence-electron chi connectivity index (χ3n) is 2.75. The first-order valence-electron chi connectivity index (χ1n) is 5.66. The number of nitrogens with one attached hydrogen (secondary N) is 1. The highest BCUT2D eigenvalue weighted by molar-refractivity contribution is 4.76. The molecule has 86 valence electrons. The molecule has 0 aromatic rings. The van der Waals surface area contributed by atoms with E-state index in [-0.39, 0.29) is 11.5 Å². The molecule has 2 heteroatoms. The lowest BCUT2D eigenvalue weighted by Gasteiger charge is -2.29. The Morgan fingerprint density at radius 2 is 1.64 bits per heavy atom. The van der Waals surface area contributed by atoms with E-state index in [1.165, 1.54) is 0 Å². The van der Waals surface area contributed by atoms with Crippen LogP contribution >= 0.6 is 0 Å². The lowest BCUT2D eigenvalue weighted by Crippen LogP contribution is -2.39. The molecular formula is C12H27NO. The predicted molar refractivity (Wildman–Crippen MR) is 62.4 cm³/mol. The van der Waals surface area contributed by atoms with E-state index in [2.05, 4.69) is 39.9 Å². The number of aliphatic hydroxyl groups excluding tert-OH is 1. The van der Waals surface area contributed by atoms with Gasteiger partial charge in [0.2, 0.25) is 0 Å². The Kier molecular flexibility index (Phi) is 5.68. The van der Waals surface area contributed by atoms with Crippen LogP contribution in [-0.2, 0) is 0 Å². The zero-order chi connectivity index (χ0) is 11.4. The highest BCUT2D eigenvalue weighted by Crippen LogP contribution is 2.21. The van der Waals surface area contributed by atoms with Crippen LogP contribution in [0, 0.1) is 11.3 Å². The molecule has 0 spiro atoms. The van der Waals surface area contributed by atoms with E-state index < -0.39 is 0 Å². The highest BCUT2D eigenvalue weighted by Gasteiger charge is 2.21. The molecular weight excluding hydrogens is 174 g/mol. The third kappa shape index (κ3) is 6.39.